The summed E-state index contributed by atoms with van der Waals surface area (Å²) in [7, 11) is 0. The Morgan fingerprint density at radius 2 is 1.87 bits per heavy atom. The van der Waals surface area contributed by atoms with Gasteiger partial charge in [-0.25, -0.2) is 4.39 Å². The van der Waals surface area contributed by atoms with E-state index in [9.17, 15) is 27.2 Å². The minimum atomic E-state index is -4.88. The second kappa shape index (κ2) is 8.45. The van der Waals surface area contributed by atoms with Crippen molar-refractivity contribution in [1.29, 1.82) is 0 Å². The summed E-state index contributed by atoms with van der Waals surface area (Å²) in [5, 5.41) is 12.1. The lowest BCUT2D eigenvalue weighted by atomic mass is 10.1. The number of amides is 1. The molecule has 1 amide bonds. The second-order valence-electron chi connectivity index (χ2n) is 6.42. The molecule has 0 radical (unpaired) electrons. The highest BCUT2D eigenvalue weighted by Crippen LogP contribution is 2.33. The van der Waals surface area contributed by atoms with Crippen LogP contribution >= 0.6 is 11.6 Å². The molecule has 1 aromatic heterocycles. The van der Waals surface area contributed by atoms with Gasteiger partial charge in [0.2, 0.25) is 5.91 Å². The lowest BCUT2D eigenvalue weighted by Gasteiger charge is -2.14. The zero-order valence-electron chi connectivity index (χ0n) is 15.3. The standard InChI is InChI=1S/C20H15ClF4N2O3/c21-15-5-4-13-12(6-7-27(8-9-28)19(13)30)18(15)26-16(29)10-11-2-1-3-14(17(11)22)20(23,24)25/h1-7,28H,8-10H2,(H,26,29). The molecule has 5 nitrogen and oxygen atoms in total. The Morgan fingerprint density at radius 3 is 2.53 bits per heavy atom. The Bertz CT molecular complexity index is 1180. The minimum Gasteiger partial charge on any atom is -0.395 e. The molecule has 0 aliphatic carbocycles. The number of nitrogens with zero attached hydrogens (tertiary/aromatic N) is 1. The number of anilines is 1. The molecule has 2 N–H and O–H groups in total. The number of aromatic nitrogens is 1. The first kappa shape index (κ1) is 21.8. The fourth-order valence-corrected chi connectivity index (χ4v) is 3.25. The van der Waals surface area contributed by atoms with E-state index in [-0.39, 0.29) is 29.2 Å². The van der Waals surface area contributed by atoms with E-state index in [1.54, 1.807) is 0 Å². The molecule has 30 heavy (non-hydrogen) atoms. The molecule has 10 heteroatoms. The number of fused-ring (bicyclic) bond motifs is 1. The van der Waals surface area contributed by atoms with Gasteiger partial charge in [-0.2, -0.15) is 13.2 Å². The summed E-state index contributed by atoms with van der Waals surface area (Å²) in [6.45, 7) is -0.168. The van der Waals surface area contributed by atoms with Crippen molar-refractivity contribution in [2.24, 2.45) is 0 Å². The molecular weight excluding hydrogens is 428 g/mol. The number of halogens is 5. The Morgan fingerprint density at radius 1 is 1.13 bits per heavy atom. The molecule has 0 aliphatic heterocycles. The summed E-state index contributed by atoms with van der Waals surface area (Å²) < 4.78 is 54.0. The highest BCUT2D eigenvalue weighted by molar-refractivity contribution is 6.35. The molecule has 0 saturated heterocycles. The van der Waals surface area contributed by atoms with Crippen LogP contribution in [-0.4, -0.2) is 22.2 Å². The molecule has 0 bridgehead atoms. The van der Waals surface area contributed by atoms with Crippen molar-refractivity contribution in [3.8, 4) is 0 Å². The smallest absolute Gasteiger partial charge is 0.395 e. The molecule has 0 fully saturated rings. The van der Waals surface area contributed by atoms with Gasteiger partial charge >= 0.3 is 6.18 Å². The largest absolute Gasteiger partial charge is 0.419 e. The lowest BCUT2D eigenvalue weighted by molar-refractivity contribution is -0.140. The zero-order chi connectivity index (χ0) is 22.1. The van der Waals surface area contributed by atoms with Crippen LogP contribution in [0.3, 0.4) is 0 Å². The van der Waals surface area contributed by atoms with Crippen LogP contribution in [-0.2, 0) is 23.9 Å². The molecule has 0 aliphatic rings. The molecule has 0 atom stereocenters. The molecular formula is C20H15ClF4N2O3. The van der Waals surface area contributed by atoms with Gasteiger partial charge in [-0.1, -0.05) is 23.7 Å². The average Bonchev–Trinajstić information content (AvgIpc) is 2.67. The molecule has 1 heterocycles. The summed E-state index contributed by atoms with van der Waals surface area (Å²) in [5.74, 6) is -2.32. The number of aliphatic hydroxyl groups excluding tert-OH is 1. The van der Waals surface area contributed by atoms with E-state index in [2.05, 4.69) is 5.32 Å². The van der Waals surface area contributed by atoms with Gasteiger partial charge in [-0.05, 0) is 29.8 Å². The van der Waals surface area contributed by atoms with Gasteiger partial charge < -0.3 is 15.0 Å². The summed E-state index contributed by atoms with van der Waals surface area (Å²) in [6.07, 6.45) is -4.13. The number of pyridine rings is 1. The Kier molecular flexibility index (Phi) is 6.14. The number of alkyl halides is 3. The van der Waals surface area contributed by atoms with E-state index in [0.29, 0.717) is 11.5 Å². The van der Waals surface area contributed by atoms with Gasteiger partial charge in [0, 0.05) is 23.5 Å². The van der Waals surface area contributed by atoms with Crippen molar-refractivity contribution >= 4 is 34.0 Å². The average molecular weight is 443 g/mol. The highest BCUT2D eigenvalue weighted by atomic mass is 35.5. The normalized spacial score (nSPS) is 11.7. The van der Waals surface area contributed by atoms with Gasteiger partial charge in [0.1, 0.15) is 5.82 Å². The number of carbonyl (C=O) groups excluding carboxylic acids is 1. The van der Waals surface area contributed by atoms with E-state index in [0.717, 1.165) is 12.1 Å². The van der Waals surface area contributed by atoms with Crippen LogP contribution in [0.5, 0.6) is 0 Å². The number of hydrogen-bond acceptors (Lipinski definition) is 3. The van der Waals surface area contributed by atoms with Crippen molar-refractivity contribution in [3.05, 3.63) is 74.9 Å². The molecule has 0 spiro atoms. The molecule has 0 saturated carbocycles. The van der Waals surface area contributed by atoms with Crippen LogP contribution < -0.4 is 10.9 Å². The third-order valence-electron chi connectivity index (χ3n) is 4.45. The van der Waals surface area contributed by atoms with Crippen LogP contribution in [0.25, 0.3) is 10.8 Å². The minimum absolute atomic E-state index is 0.0773. The predicted octanol–water partition coefficient (Wildman–Crippen LogP) is 3.99. The molecule has 3 rings (SSSR count). The van der Waals surface area contributed by atoms with Crippen LogP contribution in [0.4, 0.5) is 23.2 Å². The van der Waals surface area contributed by atoms with Gasteiger partial charge in [0.15, 0.2) is 0 Å². The van der Waals surface area contributed by atoms with Crippen molar-refractivity contribution in [1.82, 2.24) is 4.57 Å². The first-order valence-corrected chi connectivity index (χ1v) is 9.08. The van der Waals surface area contributed by atoms with E-state index >= 15 is 0 Å². The topological polar surface area (TPSA) is 71.3 Å². The van der Waals surface area contributed by atoms with Gasteiger partial charge in [0.05, 0.1) is 29.3 Å². The number of benzene rings is 2. The fourth-order valence-electron chi connectivity index (χ4n) is 3.04. The number of aliphatic hydroxyl groups is 1. The van der Waals surface area contributed by atoms with E-state index in [4.69, 9.17) is 16.7 Å². The molecule has 0 unspecified atom stereocenters. The number of hydrogen-bond donors (Lipinski definition) is 2. The Hall–Kier alpha value is -2.91. The fraction of sp³-hybridized carbons (Fsp3) is 0.200. The Labute approximate surface area is 172 Å². The number of rotatable bonds is 5. The zero-order valence-corrected chi connectivity index (χ0v) is 16.0. The highest BCUT2D eigenvalue weighted by Gasteiger charge is 2.35. The van der Waals surface area contributed by atoms with E-state index in [1.165, 1.54) is 29.0 Å². The summed E-state index contributed by atoms with van der Waals surface area (Å²) in [4.78, 5) is 24.9. The maximum atomic E-state index is 14.2. The monoisotopic (exact) mass is 442 g/mol. The maximum absolute atomic E-state index is 14.2. The number of carbonyl (C=O) groups is 1. The number of nitrogens with one attached hydrogen (secondary N) is 1. The molecule has 2 aromatic carbocycles. The molecule has 3 aromatic rings. The summed E-state index contributed by atoms with van der Waals surface area (Å²) >= 11 is 6.13. The SMILES string of the molecule is O=C(Cc1cccc(C(F)(F)F)c1F)Nc1c(Cl)ccc2c(=O)n(CCO)ccc12. The van der Waals surface area contributed by atoms with Crippen molar-refractivity contribution in [3.63, 3.8) is 0 Å². The maximum Gasteiger partial charge on any atom is 0.419 e. The third kappa shape index (κ3) is 4.31. The van der Waals surface area contributed by atoms with Crippen molar-refractivity contribution in [2.45, 2.75) is 19.1 Å². The van der Waals surface area contributed by atoms with E-state index in [1.807, 2.05) is 0 Å². The third-order valence-corrected chi connectivity index (χ3v) is 4.76. The Balaban J connectivity index is 1.94. The van der Waals surface area contributed by atoms with Gasteiger partial charge in [-0.3, -0.25) is 9.59 Å². The van der Waals surface area contributed by atoms with Crippen LogP contribution in [0.15, 0.2) is 47.4 Å². The van der Waals surface area contributed by atoms with Crippen molar-refractivity contribution < 1.29 is 27.5 Å². The quantitative estimate of drug-likeness (QED) is 0.587. The lowest BCUT2D eigenvalue weighted by Crippen LogP contribution is -2.22. The first-order chi connectivity index (χ1) is 14.1. The van der Waals surface area contributed by atoms with Crippen LogP contribution in [0.2, 0.25) is 5.02 Å². The van der Waals surface area contributed by atoms with Crippen LogP contribution in [0, 0.1) is 5.82 Å². The van der Waals surface area contributed by atoms with Crippen LogP contribution in [0.1, 0.15) is 11.1 Å². The second-order valence-corrected chi connectivity index (χ2v) is 6.83. The molecule has 158 valence electrons. The van der Waals surface area contributed by atoms with Gasteiger partial charge in [0.25, 0.3) is 5.56 Å². The summed E-state index contributed by atoms with van der Waals surface area (Å²) in [5.41, 5.74) is -2.22. The first-order valence-electron chi connectivity index (χ1n) is 8.70. The summed E-state index contributed by atoms with van der Waals surface area (Å²) in [6, 6.07) is 7.05. The van der Waals surface area contributed by atoms with Gasteiger partial charge in [-0.15, -0.1) is 0 Å². The van der Waals surface area contributed by atoms with Crippen molar-refractivity contribution in [2.75, 3.05) is 11.9 Å². The van der Waals surface area contributed by atoms with E-state index < -0.39 is 41.0 Å². The predicted molar refractivity (Wildman–Crippen MR) is 104 cm³/mol.